The molecule has 1 rings (SSSR count). The van der Waals surface area contributed by atoms with Gasteiger partial charge in [0, 0.05) is 12.1 Å². The number of non-ortho nitro benzene ring substituents is 1. The Kier molecular flexibility index (Phi) is 4.35. The van der Waals surface area contributed by atoms with E-state index in [1.807, 2.05) is 0 Å². The summed E-state index contributed by atoms with van der Waals surface area (Å²) >= 11 is 0. The van der Waals surface area contributed by atoms with Crippen LogP contribution in [0.2, 0.25) is 0 Å². The van der Waals surface area contributed by atoms with E-state index in [0.717, 1.165) is 0 Å². The van der Waals surface area contributed by atoms with Crippen molar-refractivity contribution >= 4 is 11.7 Å². The maximum absolute atomic E-state index is 11.4. The first-order valence-corrected chi connectivity index (χ1v) is 5.11. The molecule has 1 aromatic rings. The number of nitrogens with zero attached hydrogens (tertiary/aromatic N) is 1. The number of hydrogen-bond acceptors (Lipinski definition) is 6. The summed E-state index contributed by atoms with van der Waals surface area (Å²) in [6.07, 6.45) is 0. The average molecular weight is 255 g/mol. The zero-order valence-corrected chi connectivity index (χ0v) is 10.2. The third-order valence-corrected chi connectivity index (χ3v) is 1.71. The van der Waals surface area contributed by atoms with Crippen molar-refractivity contribution in [3.05, 3.63) is 39.9 Å². The molecular formula is C11H13NO6. The highest BCUT2D eigenvalue weighted by Gasteiger charge is 2.16. The lowest BCUT2D eigenvalue weighted by molar-refractivity contribution is -0.510. The lowest BCUT2D eigenvalue weighted by Crippen LogP contribution is -2.20. The van der Waals surface area contributed by atoms with Gasteiger partial charge in [0.15, 0.2) is 0 Å². The van der Waals surface area contributed by atoms with Gasteiger partial charge in [-0.2, -0.15) is 4.89 Å². The molecule has 7 nitrogen and oxygen atoms in total. The minimum atomic E-state index is -0.797. The number of rotatable bonds is 4. The highest BCUT2D eigenvalue weighted by molar-refractivity contribution is 5.89. The maximum atomic E-state index is 11.4. The van der Waals surface area contributed by atoms with Gasteiger partial charge in [0.1, 0.15) is 0 Å². The van der Waals surface area contributed by atoms with Crippen molar-refractivity contribution in [3.63, 3.8) is 0 Å². The third-order valence-electron chi connectivity index (χ3n) is 1.71. The van der Waals surface area contributed by atoms with Crippen LogP contribution >= 0.6 is 0 Å². The second-order valence-electron chi connectivity index (χ2n) is 4.44. The molecule has 0 radical (unpaired) electrons. The first-order chi connectivity index (χ1) is 8.29. The number of nitro benzene ring substituents is 1. The molecule has 0 spiro atoms. The Balaban J connectivity index is 2.54. The van der Waals surface area contributed by atoms with Gasteiger partial charge in [-0.05, 0) is 37.9 Å². The predicted molar refractivity (Wildman–Crippen MR) is 60.4 cm³/mol. The first-order valence-electron chi connectivity index (χ1n) is 5.11. The Hall–Kier alpha value is -1.99. The van der Waals surface area contributed by atoms with Crippen LogP contribution in [0.1, 0.15) is 31.1 Å². The quantitative estimate of drug-likeness (QED) is 0.466. The second kappa shape index (κ2) is 5.56. The van der Waals surface area contributed by atoms with E-state index < -0.39 is 16.5 Å². The molecule has 0 amide bonds. The smallest absolute Gasteiger partial charge is 0.263 e. The molecule has 1 aromatic carbocycles. The Morgan fingerprint density at radius 2 is 1.78 bits per heavy atom. The summed E-state index contributed by atoms with van der Waals surface area (Å²) in [5.41, 5.74) is -0.605. The van der Waals surface area contributed by atoms with Crippen molar-refractivity contribution in [3.8, 4) is 0 Å². The standard InChI is InChI=1S/C11H13NO6/c1-11(2,3)17-18-16-10(13)8-4-6-9(7-5-8)12(14)15/h4-7H,1-3H3. The number of benzene rings is 1. The molecule has 18 heavy (non-hydrogen) atoms. The predicted octanol–water partition coefficient (Wildman–Crippen LogP) is 2.41. The van der Waals surface area contributed by atoms with Crippen molar-refractivity contribution in [2.75, 3.05) is 0 Å². The fraction of sp³-hybridized carbons (Fsp3) is 0.364. The monoisotopic (exact) mass is 255 g/mol. The summed E-state index contributed by atoms with van der Waals surface area (Å²) in [7, 11) is 0. The van der Waals surface area contributed by atoms with Gasteiger partial charge in [-0.3, -0.25) is 15.0 Å². The number of carbonyl (C=O) groups excluding carboxylic acids is 1. The molecule has 0 saturated heterocycles. The van der Waals surface area contributed by atoms with Crippen molar-refractivity contribution in [1.29, 1.82) is 0 Å². The van der Waals surface area contributed by atoms with Gasteiger partial charge in [-0.25, -0.2) is 4.79 Å². The highest BCUT2D eigenvalue weighted by Crippen LogP contribution is 2.13. The average Bonchev–Trinajstić information content (AvgIpc) is 2.27. The van der Waals surface area contributed by atoms with E-state index in [-0.39, 0.29) is 11.3 Å². The van der Waals surface area contributed by atoms with E-state index in [1.54, 1.807) is 20.8 Å². The number of nitro groups is 1. The molecule has 0 aliphatic carbocycles. The molecule has 0 saturated carbocycles. The SMILES string of the molecule is CC(C)(C)OOOC(=O)c1ccc([N+](=O)[O-])cc1. The maximum Gasteiger partial charge on any atom is 0.376 e. The zero-order valence-electron chi connectivity index (χ0n) is 10.2. The summed E-state index contributed by atoms with van der Waals surface area (Å²) in [6.45, 7) is 5.14. The third kappa shape index (κ3) is 4.48. The van der Waals surface area contributed by atoms with Crippen LogP contribution in [0.4, 0.5) is 5.69 Å². The van der Waals surface area contributed by atoms with Crippen LogP contribution < -0.4 is 0 Å². The second-order valence-corrected chi connectivity index (χ2v) is 4.44. The van der Waals surface area contributed by atoms with Crippen LogP contribution in [-0.4, -0.2) is 16.5 Å². The molecule has 0 atom stereocenters. The minimum Gasteiger partial charge on any atom is -0.263 e. The van der Waals surface area contributed by atoms with Crippen molar-refractivity contribution < 1.29 is 24.5 Å². The van der Waals surface area contributed by atoms with Crippen LogP contribution in [0, 0.1) is 10.1 Å². The van der Waals surface area contributed by atoms with Crippen molar-refractivity contribution in [1.82, 2.24) is 0 Å². The summed E-state index contributed by atoms with van der Waals surface area (Å²) in [5, 5.41) is 14.7. The summed E-state index contributed by atoms with van der Waals surface area (Å²) in [4.78, 5) is 30.4. The normalized spacial score (nSPS) is 11.1. The molecule has 0 heterocycles. The van der Waals surface area contributed by atoms with E-state index in [0.29, 0.717) is 0 Å². The fourth-order valence-corrected chi connectivity index (χ4v) is 0.917. The topological polar surface area (TPSA) is 87.9 Å². The molecule has 98 valence electrons. The van der Waals surface area contributed by atoms with Crippen LogP contribution in [-0.2, 0) is 14.8 Å². The molecule has 0 aliphatic heterocycles. The van der Waals surface area contributed by atoms with Crippen molar-refractivity contribution in [2.24, 2.45) is 0 Å². The fourth-order valence-electron chi connectivity index (χ4n) is 0.917. The zero-order chi connectivity index (χ0) is 13.8. The number of carbonyl (C=O) groups is 1. The van der Waals surface area contributed by atoms with Crippen molar-refractivity contribution in [2.45, 2.75) is 26.4 Å². The molecule has 0 aliphatic rings. The number of hydrogen-bond donors (Lipinski definition) is 0. The van der Waals surface area contributed by atoms with Gasteiger partial charge < -0.3 is 0 Å². The molecule has 0 bridgehead atoms. The first kappa shape index (κ1) is 14.1. The Bertz CT molecular complexity index is 434. The van der Waals surface area contributed by atoms with Gasteiger partial charge in [-0.15, -0.1) is 0 Å². The van der Waals surface area contributed by atoms with Gasteiger partial charge in [0.05, 0.1) is 16.1 Å². The molecular weight excluding hydrogens is 242 g/mol. The summed E-state index contributed by atoms with van der Waals surface area (Å²) < 4.78 is 0. The Morgan fingerprint density at radius 3 is 2.22 bits per heavy atom. The Morgan fingerprint density at radius 1 is 1.22 bits per heavy atom. The molecule has 0 aromatic heterocycles. The van der Waals surface area contributed by atoms with E-state index >= 15 is 0 Å². The summed E-state index contributed by atoms with van der Waals surface area (Å²) in [6, 6.07) is 4.92. The molecule has 0 N–H and O–H groups in total. The van der Waals surface area contributed by atoms with Gasteiger partial charge in [0.25, 0.3) is 5.69 Å². The van der Waals surface area contributed by atoms with Crippen LogP contribution in [0.15, 0.2) is 24.3 Å². The highest BCUT2D eigenvalue weighted by atomic mass is 17.5. The Labute approximate surface area is 103 Å². The molecule has 0 fully saturated rings. The minimum absolute atomic E-state index is 0.113. The lowest BCUT2D eigenvalue weighted by Gasteiger charge is -2.15. The van der Waals surface area contributed by atoms with Gasteiger partial charge >= 0.3 is 5.97 Å². The van der Waals surface area contributed by atoms with Crippen LogP contribution in [0.5, 0.6) is 0 Å². The lowest BCUT2D eigenvalue weighted by atomic mass is 10.2. The largest absolute Gasteiger partial charge is 0.376 e. The van der Waals surface area contributed by atoms with Gasteiger partial charge in [-0.1, -0.05) is 0 Å². The van der Waals surface area contributed by atoms with Gasteiger partial charge in [0.2, 0.25) is 0 Å². The van der Waals surface area contributed by atoms with E-state index in [9.17, 15) is 14.9 Å². The molecule has 7 heteroatoms. The van der Waals surface area contributed by atoms with E-state index in [4.69, 9.17) is 4.89 Å². The van der Waals surface area contributed by atoms with E-state index in [1.165, 1.54) is 24.3 Å². The van der Waals surface area contributed by atoms with Crippen LogP contribution in [0.25, 0.3) is 0 Å². The van der Waals surface area contributed by atoms with Crippen LogP contribution in [0.3, 0.4) is 0 Å². The summed E-state index contributed by atoms with van der Waals surface area (Å²) in [5.74, 6) is -0.797. The molecule has 0 unspecified atom stereocenters. The van der Waals surface area contributed by atoms with E-state index in [2.05, 4.69) is 9.93 Å².